The maximum atomic E-state index is 12.7. The minimum atomic E-state index is -1.05. The second-order valence-electron chi connectivity index (χ2n) is 5.35. The van der Waals surface area contributed by atoms with Crippen LogP contribution in [0.25, 0.3) is 0 Å². The first-order valence-electron chi connectivity index (χ1n) is 7.15. The Morgan fingerprint density at radius 2 is 2.24 bits per heavy atom. The van der Waals surface area contributed by atoms with Gasteiger partial charge < -0.3 is 14.7 Å². The fraction of sp³-hybridized carbons (Fsp3) is 0.643. The van der Waals surface area contributed by atoms with Gasteiger partial charge in [0.2, 0.25) is 0 Å². The summed E-state index contributed by atoms with van der Waals surface area (Å²) in [6.45, 7) is 7.14. The number of nitrogens with zero attached hydrogens (tertiary/aromatic N) is 3. The Morgan fingerprint density at radius 3 is 2.81 bits per heavy atom. The first kappa shape index (κ1) is 15.5. The standard InChI is InChI=1S/C14H21N3O4/c1-4-17-11(7-10(15-17)9(2)3)13(18)16-5-6-21-8-12(16)14(19)20/h7,9,12H,4-6,8H2,1-3H3,(H,19,20). The molecule has 1 aromatic rings. The highest BCUT2D eigenvalue weighted by Crippen LogP contribution is 2.18. The number of carbonyl (C=O) groups is 2. The molecule has 2 heterocycles. The Morgan fingerprint density at radius 1 is 1.52 bits per heavy atom. The van der Waals surface area contributed by atoms with Gasteiger partial charge in [0.25, 0.3) is 5.91 Å². The largest absolute Gasteiger partial charge is 0.480 e. The van der Waals surface area contributed by atoms with E-state index in [4.69, 9.17) is 4.74 Å². The summed E-state index contributed by atoms with van der Waals surface area (Å²) in [5.41, 5.74) is 1.27. The van der Waals surface area contributed by atoms with Crippen LogP contribution in [0.2, 0.25) is 0 Å². The number of carboxylic acids is 1. The number of amides is 1. The third kappa shape index (κ3) is 3.07. The molecule has 0 aromatic carbocycles. The zero-order chi connectivity index (χ0) is 15.6. The monoisotopic (exact) mass is 295 g/mol. The van der Waals surface area contributed by atoms with Gasteiger partial charge in [0, 0.05) is 13.1 Å². The third-order valence-electron chi connectivity index (χ3n) is 3.58. The number of aryl methyl sites for hydroxylation is 1. The first-order valence-corrected chi connectivity index (χ1v) is 7.15. The fourth-order valence-electron chi connectivity index (χ4n) is 2.33. The summed E-state index contributed by atoms with van der Waals surface area (Å²) in [6, 6.07) is 0.819. The van der Waals surface area contributed by atoms with E-state index in [9.17, 15) is 14.7 Å². The summed E-state index contributed by atoms with van der Waals surface area (Å²) in [7, 11) is 0. The van der Waals surface area contributed by atoms with E-state index in [0.29, 0.717) is 18.8 Å². The van der Waals surface area contributed by atoms with E-state index < -0.39 is 12.0 Å². The van der Waals surface area contributed by atoms with Crippen LogP contribution in [0.1, 0.15) is 42.9 Å². The van der Waals surface area contributed by atoms with Gasteiger partial charge in [-0.25, -0.2) is 4.79 Å². The van der Waals surface area contributed by atoms with E-state index in [0.717, 1.165) is 5.69 Å². The van der Waals surface area contributed by atoms with Crippen LogP contribution in [0.4, 0.5) is 0 Å². The number of ether oxygens (including phenoxy) is 1. The normalized spacial score (nSPS) is 19.0. The van der Waals surface area contributed by atoms with Crippen molar-refractivity contribution in [1.29, 1.82) is 0 Å². The van der Waals surface area contributed by atoms with Gasteiger partial charge in [0.05, 0.1) is 18.9 Å². The van der Waals surface area contributed by atoms with Crippen molar-refractivity contribution in [1.82, 2.24) is 14.7 Å². The highest BCUT2D eigenvalue weighted by molar-refractivity contribution is 5.95. The Hall–Kier alpha value is -1.89. The molecule has 1 fully saturated rings. The van der Waals surface area contributed by atoms with Crippen molar-refractivity contribution in [3.8, 4) is 0 Å². The van der Waals surface area contributed by atoms with Gasteiger partial charge in [-0.15, -0.1) is 0 Å². The molecular weight excluding hydrogens is 274 g/mol. The van der Waals surface area contributed by atoms with Crippen molar-refractivity contribution < 1.29 is 19.4 Å². The van der Waals surface area contributed by atoms with Gasteiger partial charge in [-0.2, -0.15) is 5.10 Å². The van der Waals surface area contributed by atoms with Gasteiger partial charge in [-0.05, 0) is 18.9 Å². The highest BCUT2D eigenvalue weighted by atomic mass is 16.5. The molecule has 21 heavy (non-hydrogen) atoms. The number of morpholine rings is 1. The SMILES string of the molecule is CCn1nc(C(C)C)cc1C(=O)N1CCOCC1C(=O)O. The van der Waals surface area contributed by atoms with Crippen LogP contribution in [-0.4, -0.2) is 57.5 Å². The minimum absolute atomic E-state index is 0.0262. The number of hydrogen-bond acceptors (Lipinski definition) is 4. The van der Waals surface area contributed by atoms with Gasteiger partial charge in [0.15, 0.2) is 6.04 Å². The maximum Gasteiger partial charge on any atom is 0.328 e. The van der Waals surface area contributed by atoms with Crippen LogP contribution < -0.4 is 0 Å². The summed E-state index contributed by atoms with van der Waals surface area (Å²) < 4.78 is 6.79. The second-order valence-corrected chi connectivity index (χ2v) is 5.35. The lowest BCUT2D eigenvalue weighted by atomic mass is 10.1. The predicted octanol–water partition coefficient (Wildman–Crippen LogP) is 0.952. The quantitative estimate of drug-likeness (QED) is 0.894. The molecule has 0 saturated carbocycles. The average Bonchev–Trinajstić information content (AvgIpc) is 2.90. The van der Waals surface area contributed by atoms with Crippen LogP contribution >= 0.6 is 0 Å². The summed E-state index contributed by atoms with van der Waals surface area (Å²) in [5.74, 6) is -1.13. The van der Waals surface area contributed by atoms with Crippen molar-refractivity contribution in [2.45, 2.75) is 39.3 Å². The number of aromatic nitrogens is 2. The summed E-state index contributed by atoms with van der Waals surface area (Å²) in [6.07, 6.45) is 0. The lowest BCUT2D eigenvalue weighted by Gasteiger charge is -2.32. The Labute approximate surface area is 123 Å². The van der Waals surface area contributed by atoms with Crippen LogP contribution in [0, 0.1) is 0 Å². The van der Waals surface area contributed by atoms with E-state index in [1.54, 1.807) is 10.7 Å². The molecule has 1 aliphatic rings. The van der Waals surface area contributed by atoms with Gasteiger partial charge >= 0.3 is 5.97 Å². The Bertz CT molecular complexity index is 538. The molecular formula is C14H21N3O4. The van der Waals surface area contributed by atoms with E-state index in [1.807, 2.05) is 20.8 Å². The molecule has 1 N–H and O–H groups in total. The van der Waals surface area contributed by atoms with E-state index in [2.05, 4.69) is 5.10 Å². The average molecular weight is 295 g/mol. The van der Waals surface area contributed by atoms with Crippen molar-refractivity contribution in [3.05, 3.63) is 17.5 Å². The van der Waals surface area contributed by atoms with Crippen LogP contribution in [0.5, 0.6) is 0 Å². The fourth-order valence-corrected chi connectivity index (χ4v) is 2.33. The molecule has 0 bridgehead atoms. The molecule has 1 amide bonds. The zero-order valence-corrected chi connectivity index (χ0v) is 12.6. The molecule has 0 spiro atoms. The highest BCUT2D eigenvalue weighted by Gasteiger charge is 2.34. The lowest BCUT2D eigenvalue weighted by molar-refractivity contribution is -0.147. The van der Waals surface area contributed by atoms with Gasteiger partial charge in [-0.3, -0.25) is 9.48 Å². The van der Waals surface area contributed by atoms with Crippen LogP contribution in [0.3, 0.4) is 0 Å². The molecule has 1 atom stereocenters. The van der Waals surface area contributed by atoms with E-state index >= 15 is 0 Å². The Kier molecular flexibility index (Phi) is 4.62. The molecule has 1 unspecified atom stereocenters. The number of hydrogen-bond donors (Lipinski definition) is 1. The Balaban J connectivity index is 2.31. The lowest BCUT2D eigenvalue weighted by Crippen LogP contribution is -2.53. The van der Waals surface area contributed by atoms with E-state index in [1.165, 1.54) is 4.90 Å². The third-order valence-corrected chi connectivity index (χ3v) is 3.58. The molecule has 1 aliphatic heterocycles. The van der Waals surface area contributed by atoms with Crippen molar-refractivity contribution >= 4 is 11.9 Å². The molecule has 0 aliphatic carbocycles. The number of carboxylic acid groups (broad SMARTS) is 1. The molecule has 2 rings (SSSR count). The molecule has 7 heteroatoms. The second kappa shape index (κ2) is 6.26. The predicted molar refractivity (Wildman–Crippen MR) is 75.3 cm³/mol. The zero-order valence-electron chi connectivity index (χ0n) is 12.6. The molecule has 116 valence electrons. The topological polar surface area (TPSA) is 84.7 Å². The van der Waals surface area contributed by atoms with Gasteiger partial charge in [0.1, 0.15) is 5.69 Å². The molecule has 1 saturated heterocycles. The number of carbonyl (C=O) groups excluding carboxylic acids is 1. The van der Waals surface area contributed by atoms with Crippen molar-refractivity contribution in [2.24, 2.45) is 0 Å². The smallest absolute Gasteiger partial charge is 0.328 e. The minimum Gasteiger partial charge on any atom is -0.480 e. The summed E-state index contributed by atoms with van der Waals surface area (Å²) in [4.78, 5) is 25.3. The molecule has 0 radical (unpaired) electrons. The number of aliphatic carboxylic acids is 1. The van der Waals surface area contributed by atoms with E-state index in [-0.39, 0.29) is 25.0 Å². The summed E-state index contributed by atoms with van der Waals surface area (Å²) in [5, 5.41) is 13.6. The van der Waals surface area contributed by atoms with Crippen LogP contribution in [-0.2, 0) is 16.1 Å². The van der Waals surface area contributed by atoms with Gasteiger partial charge in [-0.1, -0.05) is 13.8 Å². The van der Waals surface area contributed by atoms with Crippen molar-refractivity contribution in [2.75, 3.05) is 19.8 Å². The first-order chi connectivity index (χ1) is 9.95. The number of rotatable bonds is 4. The molecule has 7 nitrogen and oxygen atoms in total. The maximum absolute atomic E-state index is 12.7. The molecule has 1 aromatic heterocycles. The summed E-state index contributed by atoms with van der Waals surface area (Å²) >= 11 is 0. The van der Waals surface area contributed by atoms with Crippen molar-refractivity contribution in [3.63, 3.8) is 0 Å². The van der Waals surface area contributed by atoms with Crippen LogP contribution in [0.15, 0.2) is 6.07 Å².